The van der Waals surface area contributed by atoms with Crippen molar-refractivity contribution in [3.8, 4) is 0 Å². The number of carboxylic acid groups (broad SMARTS) is 1. The van der Waals surface area contributed by atoms with Gasteiger partial charge in [0.05, 0.1) is 36.5 Å². The molecule has 1 aliphatic rings. The monoisotopic (exact) mass is 517 g/mol. The number of rotatable bonds is 9. The minimum atomic E-state index is -1.10. The van der Waals surface area contributed by atoms with Crippen LogP contribution in [0.2, 0.25) is 10.0 Å². The second-order valence-electron chi connectivity index (χ2n) is 8.30. The molecule has 1 unspecified atom stereocenters. The van der Waals surface area contributed by atoms with Crippen molar-refractivity contribution in [3.63, 3.8) is 0 Å². The van der Waals surface area contributed by atoms with Gasteiger partial charge in [0.1, 0.15) is 5.82 Å². The number of aliphatic hydroxyl groups is 1. The molecule has 35 heavy (non-hydrogen) atoms. The Labute approximate surface area is 212 Å². The van der Waals surface area contributed by atoms with E-state index in [0.717, 1.165) is 30.9 Å². The number of benzene rings is 1. The highest BCUT2D eigenvalue weighted by Gasteiger charge is 2.23. The predicted octanol–water partition coefficient (Wildman–Crippen LogP) is 3.62. The molecule has 0 saturated carbocycles. The smallest absolute Gasteiger partial charge is 0.305 e. The Bertz CT molecular complexity index is 1230. The highest BCUT2D eigenvalue weighted by molar-refractivity contribution is 6.34. The number of aryl methyl sites for hydroxylation is 3. The number of aromatic nitrogens is 3. The number of carbonyl (C=O) groups is 2. The molecule has 0 radical (unpaired) electrons. The van der Waals surface area contributed by atoms with Gasteiger partial charge in [0.2, 0.25) is 0 Å². The second kappa shape index (κ2) is 11.1. The van der Waals surface area contributed by atoms with Crippen LogP contribution in [0, 0.1) is 0 Å². The molecule has 4 rings (SSSR count). The molecule has 1 aliphatic heterocycles. The molecule has 1 aromatic carbocycles. The third-order valence-electron chi connectivity index (χ3n) is 5.85. The van der Waals surface area contributed by atoms with E-state index in [1.165, 1.54) is 17.8 Å². The lowest BCUT2D eigenvalue weighted by molar-refractivity contribution is -0.137. The van der Waals surface area contributed by atoms with Gasteiger partial charge in [-0.3, -0.25) is 14.3 Å². The maximum Gasteiger partial charge on any atom is 0.305 e. The number of carbonyl (C=O) groups excluding carboxylic acids is 1. The van der Waals surface area contributed by atoms with Crippen molar-refractivity contribution in [1.29, 1.82) is 0 Å². The van der Waals surface area contributed by atoms with Crippen molar-refractivity contribution in [2.24, 2.45) is 0 Å². The topological polar surface area (TPSA) is 129 Å². The summed E-state index contributed by atoms with van der Waals surface area (Å²) in [7, 11) is 0. The Balaban J connectivity index is 1.49. The van der Waals surface area contributed by atoms with Gasteiger partial charge < -0.3 is 20.8 Å². The molecular formula is C24H25Cl2N5O4. The molecule has 1 amide bonds. The number of aliphatic hydroxyl groups excluding tert-OH is 1. The van der Waals surface area contributed by atoms with Crippen molar-refractivity contribution in [2.75, 3.05) is 11.9 Å². The first-order valence-electron chi connectivity index (χ1n) is 11.2. The number of pyridine rings is 1. The van der Waals surface area contributed by atoms with E-state index in [9.17, 15) is 19.8 Å². The number of nitrogens with one attached hydrogen (secondary N) is 2. The summed E-state index contributed by atoms with van der Waals surface area (Å²) in [6.07, 6.45) is 3.65. The molecule has 184 valence electrons. The summed E-state index contributed by atoms with van der Waals surface area (Å²) in [6, 6.07) is 7.81. The summed E-state index contributed by atoms with van der Waals surface area (Å²) in [5.74, 6) is -0.752. The Morgan fingerprint density at radius 1 is 1.20 bits per heavy atom. The molecule has 11 heteroatoms. The highest BCUT2D eigenvalue weighted by atomic mass is 35.5. The molecule has 4 N–H and O–H groups in total. The molecule has 1 atom stereocenters. The molecule has 2 aromatic heterocycles. The fourth-order valence-electron chi connectivity index (χ4n) is 4.13. The van der Waals surface area contributed by atoms with Crippen molar-refractivity contribution in [1.82, 2.24) is 20.1 Å². The normalized spacial score (nSPS) is 13.6. The van der Waals surface area contributed by atoms with E-state index in [-0.39, 0.29) is 12.0 Å². The highest BCUT2D eigenvalue weighted by Crippen LogP contribution is 2.26. The van der Waals surface area contributed by atoms with Crippen LogP contribution in [0.3, 0.4) is 0 Å². The first kappa shape index (κ1) is 25.0. The summed E-state index contributed by atoms with van der Waals surface area (Å²) in [4.78, 5) is 29.1. The molecule has 0 bridgehead atoms. The first-order chi connectivity index (χ1) is 16.8. The van der Waals surface area contributed by atoms with Crippen LogP contribution >= 0.6 is 23.2 Å². The maximum atomic E-state index is 13.1. The van der Waals surface area contributed by atoms with Crippen LogP contribution in [-0.4, -0.2) is 43.4 Å². The van der Waals surface area contributed by atoms with Gasteiger partial charge in [-0.15, -0.1) is 0 Å². The first-order valence-corrected chi connectivity index (χ1v) is 12.0. The predicted molar refractivity (Wildman–Crippen MR) is 132 cm³/mol. The lowest BCUT2D eigenvalue weighted by atomic mass is 10.0. The van der Waals surface area contributed by atoms with Crippen molar-refractivity contribution >= 4 is 40.9 Å². The molecule has 0 fully saturated rings. The van der Waals surface area contributed by atoms with Crippen LogP contribution in [0.1, 0.15) is 51.8 Å². The summed E-state index contributed by atoms with van der Waals surface area (Å²) < 4.78 is 1.56. The van der Waals surface area contributed by atoms with Crippen LogP contribution in [0.5, 0.6) is 0 Å². The number of amides is 1. The minimum Gasteiger partial charge on any atom is -0.481 e. The van der Waals surface area contributed by atoms with Gasteiger partial charge in [0.15, 0.2) is 0 Å². The average molecular weight is 518 g/mol. The van der Waals surface area contributed by atoms with Gasteiger partial charge in [-0.2, -0.15) is 5.10 Å². The van der Waals surface area contributed by atoms with Crippen LogP contribution in [0.4, 0.5) is 5.82 Å². The zero-order valence-corrected chi connectivity index (χ0v) is 20.3. The third kappa shape index (κ3) is 6.11. The Kier molecular flexibility index (Phi) is 7.90. The number of hydrogen-bond donors (Lipinski definition) is 4. The lowest BCUT2D eigenvalue weighted by Gasteiger charge is -2.18. The lowest BCUT2D eigenvalue weighted by Crippen LogP contribution is -2.31. The summed E-state index contributed by atoms with van der Waals surface area (Å²) >= 11 is 12.1. The number of carboxylic acids is 1. The van der Waals surface area contributed by atoms with Crippen LogP contribution < -0.4 is 10.6 Å². The standard InChI is InChI=1S/C24H25Cl2N5O4/c25-16-8-15(9-17(26)10-16)20(11-22(33)34)30-24(35)19-12-28-31(21(19)13-32)7-5-18-4-3-14-2-1-6-27-23(14)29-18/h3-4,8-10,12,20,32H,1-2,5-7,11,13H2,(H,27,29)(H,30,35)(H,33,34). The number of hydrogen-bond acceptors (Lipinski definition) is 6. The van der Waals surface area contributed by atoms with Crippen LogP contribution in [0.25, 0.3) is 0 Å². The summed E-state index contributed by atoms with van der Waals surface area (Å²) in [5.41, 5.74) is 3.03. The van der Waals surface area contributed by atoms with Crippen molar-refractivity contribution in [2.45, 2.75) is 44.9 Å². The van der Waals surface area contributed by atoms with Crippen LogP contribution in [-0.2, 0) is 30.8 Å². The van der Waals surface area contributed by atoms with Crippen molar-refractivity contribution in [3.05, 3.63) is 74.7 Å². The number of anilines is 1. The maximum absolute atomic E-state index is 13.1. The molecule has 3 aromatic rings. The van der Waals surface area contributed by atoms with Gasteiger partial charge in [0, 0.05) is 35.2 Å². The molecule has 9 nitrogen and oxygen atoms in total. The summed E-state index contributed by atoms with van der Waals surface area (Å²) in [5, 5.41) is 30.3. The average Bonchev–Trinajstić information content (AvgIpc) is 3.24. The van der Waals surface area contributed by atoms with Gasteiger partial charge >= 0.3 is 5.97 Å². The fourth-order valence-corrected chi connectivity index (χ4v) is 4.67. The van der Waals surface area contributed by atoms with Gasteiger partial charge in [-0.05, 0) is 48.2 Å². The van der Waals surface area contributed by atoms with E-state index in [1.807, 2.05) is 6.07 Å². The zero-order chi connectivity index (χ0) is 24.9. The van der Waals surface area contributed by atoms with E-state index in [0.29, 0.717) is 34.3 Å². The van der Waals surface area contributed by atoms with E-state index in [4.69, 9.17) is 23.2 Å². The third-order valence-corrected chi connectivity index (χ3v) is 6.28. The molecule has 3 heterocycles. The van der Waals surface area contributed by atoms with Gasteiger partial charge in [0.25, 0.3) is 5.91 Å². The second-order valence-corrected chi connectivity index (χ2v) is 9.18. The molecule has 0 aliphatic carbocycles. The van der Waals surface area contributed by atoms with Crippen LogP contribution in [0.15, 0.2) is 36.5 Å². The van der Waals surface area contributed by atoms with E-state index >= 15 is 0 Å². The van der Waals surface area contributed by atoms with Crippen molar-refractivity contribution < 1.29 is 19.8 Å². The minimum absolute atomic E-state index is 0.163. The van der Waals surface area contributed by atoms with E-state index in [2.05, 4.69) is 26.8 Å². The van der Waals surface area contributed by atoms with Gasteiger partial charge in [-0.1, -0.05) is 29.3 Å². The summed E-state index contributed by atoms with van der Waals surface area (Å²) in [6.45, 7) is 0.909. The van der Waals surface area contributed by atoms with Gasteiger partial charge in [-0.25, -0.2) is 4.98 Å². The largest absolute Gasteiger partial charge is 0.481 e. The Hall–Kier alpha value is -3.14. The van der Waals surface area contributed by atoms with E-state index in [1.54, 1.807) is 16.8 Å². The molecule has 0 spiro atoms. The number of halogens is 2. The number of aliphatic carboxylic acids is 1. The molecule has 0 saturated heterocycles. The fraction of sp³-hybridized carbons (Fsp3) is 0.333. The Morgan fingerprint density at radius 2 is 1.97 bits per heavy atom. The quantitative estimate of drug-likeness (QED) is 0.341. The Morgan fingerprint density at radius 3 is 2.69 bits per heavy atom. The SMILES string of the molecule is O=C(O)CC(NC(=O)c1cnn(CCc2ccc3c(n2)NCCC3)c1CO)c1cc(Cl)cc(Cl)c1. The molecular weight excluding hydrogens is 493 g/mol. The zero-order valence-electron chi connectivity index (χ0n) is 18.8. The number of fused-ring (bicyclic) bond motifs is 1. The van der Waals surface area contributed by atoms with E-state index < -0.39 is 24.5 Å². The number of nitrogens with zero attached hydrogens (tertiary/aromatic N) is 3.